The lowest BCUT2D eigenvalue weighted by molar-refractivity contribution is -0.114. The number of anilines is 2. The van der Waals surface area contributed by atoms with Crippen molar-refractivity contribution < 1.29 is 17.9 Å². The summed E-state index contributed by atoms with van der Waals surface area (Å²) in [6, 6.07) is 17.3. The van der Waals surface area contributed by atoms with Crippen molar-refractivity contribution in [2.24, 2.45) is 0 Å². The van der Waals surface area contributed by atoms with E-state index < -0.39 is 10.0 Å². The Labute approximate surface area is 158 Å². The van der Waals surface area contributed by atoms with Crippen LogP contribution in [-0.4, -0.2) is 20.9 Å². The molecule has 0 heterocycles. The zero-order valence-corrected chi connectivity index (χ0v) is 15.8. The summed E-state index contributed by atoms with van der Waals surface area (Å²) >= 11 is 0. The SMILES string of the molecule is CCOc1ccc(S(=O)(=O)Nc2cccc3ccccc23)cc1NC(C)=O. The van der Waals surface area contributed by atoms with E-state index in [9.17, 15) is 13.2 Å². The molecule has 0 atom stereocenters. The molecule has 27 heavy (non-hydrogen) atoms. The molecule has 0 fully saturated rings. The standard InChI is InChI=1S/C20H20N2O4S/c1-3-26-20-12-11-16(13-19(20)21-14(2)23)27(24,25)22-18-10-6-8-15-7-4-5-9-17(15)18/h4-13,22H,3H2,1-2H3,(H,21,23). The molecule has 0 saturated carbocycles. The molecule has 7 heteroatoms. The van der Waals surface area contributed by atoms with Crippen LogP contribution in [-0.2, 0) is 14.8 Å². The van der Waals surface area contributed by atoms with Gasteiger partial charge in [0, 0.05) is 12.3 Å². The Bertz CT molecular complexity index is 1090. The van der Waals surface area contributed by atoms with Crippen LogP contribution in [0.3, 0.4) is 0 Å². The Morgan fingerprint density at radius 2 is 1.74 bits per heavy atom. The minimum absolute atomic E-state index is 0.0302. The highest BCUT2D eigenvalue weighted by molar-refractivity contribution is 7.92. The fourth-order valence-electron chi connectivity index (χ4n) is 2.76. The predicted octanol–water partition coefficient (Wildman–Crippen LogP) is 4.00. The molecule has 2 N–H and O–H groups in total. The van der Waals surface area contributed by atoms with Gasteiger partial charge in [-0.3, -0.25) is 9.52 Å². The summed E-state index contributed by atoms with van der Waals surface area (Å²) in [5.74, 6) is 0.101. The molecule has 0 bridgehead atoms. The molecule has 0 aliphatic carbocycles. The van der Waals surface area contributed by atoms with Gasteiger partial charge in [0.15, 0.2) is 0 Å². The van der Waals surface area contributed by atoms with Crippen LogP contribution >= 0.6 is 0 Å². The number of nitrogens with one attached hydrogen (secondary N) is 2. The van der Waals surface area contributed by atoms with Crippen molar-refractivity contribution >= 4 is 38.1 Å². The molecular weight excluding hydrogens is 364 g/mol. The van der Waals surface area contributed by atoms with E-state index >= 15 is 0 Å². The second-order valence-corrected chi connectivity index (χ2v) is 7.59. The molecule has 6 nitrogen and oxygen atoms in total. The Morgan fingerprint density at radius 1 is 1.00 bits per heavy atom. The summed E-state index contributed by atoms with van der Waals surface area (Å²) < 4.78 is 33.9. The third kappa shape index (κ3) is 4.20. The maximum absolute atomic E-state index is 12.9. The number of hydrogen-bond acceptors (Lipinski definition) is 4. The van der Waals surface area contributed by atoms with Gasteiger partial charge in [0.1, 0.15) is 5.75 Å². The monoisotopic (exact) mass is 384 g/mol. The van der Waals surface area contributed by atoms with E-state index in [4.69, 9.17) is 4.74 Å². The molecule has 0 spiro atoms. The molecule has 0 unspecified atom stereocenters. The van der Waals surface area contributed by atoms with Crippen LogP contribution in [0.25, 0.3) is 10.8 Å². The molecule has 0 aliphatic heterocycles. The summed E-state index contributed by atoms with van der Waals surface area (Å²) in [4.78, 5) is 11.5. The van der Waals surface area contributed by atoms with E-state index in [0.29, 0.717) is 23.7 Å². The summed E-state index contributed by atoms with van der Waals surface area (Å²) in [5.41, 5.74) is 0.799. The van der Waals surface area contributed by atoms with Crippen LogP contribution in [0.1, 0.15) is 13.8 Å². The minimum Gasteiger partial charge on any atom is -0.492 e. The average Bonchev–Trinajstić information content (AvgIpc) is 2.63. The number of hydrogen-bond donors (Lipinski definition) is 2. The van der Waals surface area contributed by atoms with Crippen LogP contribution in [0.15, 0.2) is 65.6 Å². The second kappa shape index (κ2) is 7.67. The Kier molecular flexibility index (Phi) is 5.32. The van der Waals surface area contributed by atoms with Crippen molar-refractivity contribution in [2.75, 3.05) is 16.6 Å². The highest BCUT2D eigenvalue weighted by atomic mass is 32.2. The molecule has 140 valence electrons. The molecule has 3 aromatic carbocycles. The second-order valence-electron chi connectivity index (χ2n) is 5.90. The quantitative estimate of drug-likeness (QED) is 0.673. The number of sulfonamides is 1. The van der Waals surface area contributed by atoms with Crippen LogP contribution < -0.4 is 14.8 Å². The van der Waals surface area contributed by atoms with Gasteiger partial charge in [-0.25, -0.2) is 8.42 Å². The van der Waals surface area contributed by atoms with E-state index in [0.717, 1.165) is 10.8 Å². The lowest BCUT2D eigenvalue weighted by Crippen LogP contribution is -2.15. The van der Waals surface area contributed by atoms with Crippen LogP contribution in [0.2, 0.25) is 0 Å². The topological polar surface area (TPSA) is 84.5 Å². The van der Waals surface area contributed by atoms with Crippen LogP contribution in [0.4, 0.5) is 11.4 Å². The first-order valence-electron chi connectivity index (χ1n) is 8.46. The van der Waals surface area contributed by atoms with Gasteiger partial charge in [-0.2, -0.15) is 0 Å². The number of ether oxygens (including phenoxy) is 1. The van der Waals surface area contributed by atoms with Crippen molar-refractivity contribution in [2.45, 2.75) is 18.7 Å². The third-order valence-electron chi connectivity index (χ3n) is 3.91. The fraction of sp³-hybridized carbons (Fsp3) is 0.150. The van der Waals surface area contributed by atoms with E-state index in [-0.39, 0.29) is 10.8 Å². The molecule has 0 aliphatic rings. The molecule has 3 rings (SSSR count). The summed E-state index contributed by atoms with van der Waals surface area (Å²) in [6.45, 7) is 3.56. The first kappa shape index (κ1) is 18.7. The number of fused-ring (bicyclic) bond motifs is 1. The number of benzene rings is 3. The van der Waals surface area contributed by atoms with Crippen LogP contribution in [0.5, 0.6) is 5.75 Å². The minimum atomic E-state index is -3.85. The van der Waals surface area contributed by atoms with Crippen molar-refractivity contribution in [1.29, 1.82) is 0 Å². The van der Waals surface area contributed by atoms with E-state index in [1.165, 1.54) is 25.1 Å². The largest absolute Gasteiger partial charge is 0.492 e. The molecule has 0 radical (unpaired) electrons. The zero-order chi connectivity index (χ0) is 19.4. The van der Waals surface area contributed by atoms with Gasteiger partial charge in [0.2, 0.25) is 5.91 Å². The number of carbonyl (C=O) groups excluding carboxylic acids is 1. The van der Waals surface area contributed by atoms with Crippen molar-refractivity contribution in [3.8, 4) is 5.75 Å². The first-order chi connectivity index (χ1) is 12.9. The van der Waals surface area contributed by atoms with Crippen molar-refractivity contribution in [1.82, 2.24) is 0 Å². The van der Waals surface area contributed by atoms with E-state index in [2.05, 4.69) is 10.0 Å². The maximum Gasteiger partial charge on any atom is 0.261 e. The molecular formula is C20H20N2O4S. The average molecular weight is 384 g/mol. The van der Waals surface area contributed by atoms with E-state index in [1.54, 1.807) is 12.1 Å². The van der Waals surface area contributed by atoms with Gasteiger partial charge in [0.25, 0.3) is 10.0 Å². The Balaban J connectivity index is 2.00. The highest BCUT2D eigenvalue weighted by Crippen LogP contribution is 2.30. The molecule has 0 saturated heterocycles. The molecule has 1 amide bonds. The van der Waals surface area contributed by atoms with Gasteiger partial charge in [-0.15, -0.1) is 0 Å². The third-order valence-corrected chi connectivity index (χ3v) is 5.27. The van der Waals surface area contributed by atoms with Gasteiger partial charge in [-0.1, -0.05) is 36.4 Å². The smallest absolute Gasteiger partial charge is 0.261 e. The van der Waals surface area contributed by atoms with Gasteiger partial charge >= 0.3 is 0 Å². The number of amides is 1. The summed E-state index contributed by atoms with van der Waals surface area (Å²) in [7, 11) is -3.85. The summed E-state index contributed by atoms with van der Waals surface area (Å²) in [5, 5.41) is 4.34. The van der Waals surface area contributed by atoms with Crippen molar-refractivity contribution in [3.63, 3.8) is 0 Å². The lowest BCUT2D eigenvalue weighted by Gasteiger charge is -2.14. The maximum atomic E-state index is 12.9. The normalized spacial score (nSPS) is 11.2. The Morgan fingerprint density at radius 3 is 2.48 bits per heavy atom. The fourth-order valence-corrected chi connectivity index (χ4v) is 3.87. The summed E-state index contributed by atoms with van der Waals surface area (Å²) in [6.07, 6.45) is 0. The van der Waals surface area contributed by atoms with Crippen molar-refractivity contribution in [3.05, 3.63) is 60.7 Å². The zero-order valence-electron chi connectivity index (χ0n) is 15.0. The van der Waals surface area contributed by atoms with Gasteiger partial charge in [0.05, 0.1) is 22.9 Å². The molecule has 0 aromatic heterocycles. The lowest BCUT2D eigenvalue weighted by atomic mass is 10.1. The van der Waals surface area contributed by atoms with Gasteiger partial charge < -0.3 is 10.1 Å². The highest BCUT2D eigenvalue weighted by Gasteiger charge is 2.18. The molecule has 3 aromatic rings. The predicted molar refractivity (Wildman–Crippen MR) is 107 cm³/mol. The Hall–Kier alpha value is -3.06. The number of carbonyl (C=O) groups is 1. The van der Waals surface area contributed by atoms with Crippen LogP contribution in [0, 0.1) is 0 Å². The van der Waals surface area contributed by atoms with E-state index in [1.807, 2.05) is 37.3 Å². The first-order valence-corrected chi connectivity index (χ1v) is 9.94. The number of rotatable bonds is 6. The van der Waals surface area contributed by atoms with Gasteiger partial charge in [-0.05, 0) is 36.6 Å².